The molecule has 7 heteroatoms. The van der Waals surface area contributed by atoms with Crippen LogP contribution in [-0.2, 0) is 19.5 Å². The summed E-state index contributed by atoms with van der Waals surface area (Å²) in [6.07, 6.45) is 2.49. The van der Waals surface area contributed by atoms with E-state index in [1.807, 2.05) is 36.4 Å². The van der Waals surface area contributed by atoms with Crippen molar-refractivity contribution < 1.29 is 9.53 Å². The van der Waals surface area contributed by atoms with E-state index in [4.69, 9.17) is 4.74 Å². The van der Waals surface area contributed by atoms with E-state index in [1.54, 1.807) is 18.3 Å². The molecule has 0 atom stereocenters. The van der Waals surface area contributed by atoms with Crippen LogP contribution in [0.3, 0.4) is 0 Å². The van der Waals surface area contributed by atoms with Crippen LogP contribution in [0.2, 0.25) is 0 Å². The second-order valence-electron chi connectivity index (χ2n) is 7.56. The first-order valence-electron chi connectivity index (χ1n) is 10.5. The van der Waals surface area contributed by atoms with Gasteiger partial charge in [-0.25, -0.2) is 9.97 Å². The molecule has 0 spiro atoms. The maximum absolute atomic E-state index is 13.0. The molecule has 1 aliphatic heterocycles. The molecule has 4 aromatic rings. The number of ether oxygens (including phenoxy) is 1. The number of carbonyl (C=O) groups is 1. The molecule has 0 radical (unpaired) electrons. The van der Waals surface area contributed by atoms with Crippen LogP contribution in [-0.4, -0.2) is 27.3 Å². The molecule has 0 fully saturated rings. The van der Waals surface area contributed by atoms with Gasteiger partial charge in [-0.3, -0.25) is 15.0 Å². The number of nitrogens with one attached hydrogen (secondary N) is 1. The largest absolute Gasteiger partial charge is 0.438 e. The molecular weight excluding hydrogens is 420 g/mol. The van der Waals surface area contributed by atoms with Gasteiger partial charge < -0.3 is 4.74 Å². The number of carbonyl (C=O) groups excluding carboxylic acids is 1. The lowest BCUT2D eigenvalue weighted by molar-refractivity contribution is 0.102. The average Bonchev–Trinajstić information content (AvgIpc) is 3.22. The number of hydrogen-bond donors (Lipinski definition) is 1. The molecule has 0 unspecified atom stereocenters. The minimum absolute atomic E-state index is 0.270. The molecule has 1 aliphatic rings. The standard InChI is InChI=1S/C25H22N4O2S/c30-23(20-12-7-14-26-24(20)31-19-10-5-2-6-11-19)28-25-27-21-13-15-29(17-22(21)32-25)16-18-8-3-1-4-9-18/h1-12,14H,13,15-17H2,(H,27,28,30). The SMILES string of the molecule is O=C(Nc1nc2c(s1)CN(Cc1ccccc1)CC2)c1cccnc1Oc1ccccc1. The Morgan fingerprint density at radius 1 is 1.03 bits per heavy atom. The van der Waals surface area contributed by atoms with Gasteiger partial charge >= 0.3 is 0 Å². The fraction of sp³-hybridized carbons (Fsp3) is 0.160. The number of pyridine rings is 1. The molecular formula is C25H22N4O2S. The highest BCUT2D eigenvalue weighted by Gasteiger charge is 2.22. The third-order valence-corrected chi connectivity index (χ3v) is 6.25. The monoisotopic (exact) mass is 442 g/mol. The molecule has 1 amide bonds. The van der Waals surface area contributed by atoms with Crippen LogP contribution in [0.1, 0.15) is 26.5 Å². The zero-order valence-corrected chi connectivity index (χ0v) is 18.2. The molecule has 0 aliphatic carbocycles. The Hall–Kier alpha value is -3.55. The van der Waals surface area contributed by atoms with Crippen molar-refractivity contribution >= 4 is 22.4 Å². The van der Waals surface area contributed by atoms with Crippen molar-refractivity contribution in [2.24, 2.45) is 0 Å². The van der Waals surface area contributed by atoms with Gasteiger partial charge in [0.05, 0.1) is 5.69 Å². The van der Waals surface area contributed by atoms with Crippen LogP contribution in [0.25, 0.3) is 0 Å². The highest BCUT2D eigenvalue weighted by molar-refractivity contribution is 7.15. The van der Waals surface area contributed by atoms with Gasteiger partial charge in [-0.15, -0.1) is 11.3 Å². The van der Waals surface area contributed by atoms with Crippen molar-refractivity contribution in [2.45, 2.75) is 19.5 Å². The Kier molecular flexibility index (Phi) is 5.91. The van der Waals surface area contributed by atoms with Gasteiger partial charge in [-0.1, -0.05) is 48.5 Å². The summed E-state index contributed by atoms with van der Waals surface area (Å²) in [5.74, 6) is 0.617. The molecule has 0 bridgehead atoms. The van der Waals surface area contributed by atoms with Gasteiger partial charge in [0.15, 0.2) is 5.13 Å². The molecule has 2 aromatic carbocycles. The van der Waals surface area contributed by atoms with E-state index in [0.29, 0.717) is 16.4 Å². The van der Waals surface area contributed by atoms with Gasteiger partial charge in [0.1, 0.15) is 11.3 Å². The minimum Gasteiger partial charge on any atom is -0.438 e. The van der Waals surface area contributed by atoms with Crippen molar-refractivity contribution in [1.29, 1.82) is 0 Å². The molecule has 32 heavy (non-hydrogen) atoms. The summed E-state index contributed by atoms with van der Waals surface area (Å²) < 4.78 is 5.82. The van der Waals surface area contributed by atoms with Crippen LogP contribution in [0.5, 0.6) is 11.6 Å². The number of thiazole rings is 1. The van der Waals surface area contributed by atoms with Crippen LogP contribution in [0.15, 0.2) is 79.0 Å². The second-order valence-corrected chi connectivity index (χ2v) is 8.64. The van der Waals surface area contributed by atoms with Crippen LogP contribution in [0, 0.1) is 0 Å². The lowest BCUT2D eigenvalue weighted by atomic mass is 10.1. The van der Waals surface area contributed by atoms with Gasteiger partial charge in [-0.2, -0.15) is 0 Å². The summed E-state index contributed by atoms with van der Waals surface area (Å²) >= 11 is 1.54. The number of benzene rings is 2. The number of aromatic nitrogens is 2. The zero-order chi connectivity index (χ0) is 21.8. The molecule has 1 N–H and O–H groups in total. The minimum atomic E-state index is -0.281. The first kappa shape index (κ1) is 20.4. The molecule has 6 nitrogen and oxygen atoms in total. The number of nitrogens with zero attached hydrogens (tertiary/aromatic N) is 3. The van der Waals surface area contributed by atoms with E-state index in [-0.39, 0.29) is 11.8 Å². The highest BCUT2D eigenvalue weighted by atomic mass is 32.1. The average molecular weight is 443 g/mol. The van der Waals surface area contributed by atoms with Gasteiger partial charge in [-0.05, 0) is 29.8 Å². The van der Waals surface area contributed by atoms with Gasteiger partial charge in [0, 0.05) is 37.1 Å². The first-order chi connectivity index (χ1) is 15.7. The molecule has 5 rings (SSSR count). The highest BCUT2D eigenvalue weighted by Crippen LogP contribution is 2.30. The maximum atomic E-state index is 13.0. The fourth-order valence-electron chi connectivity index (χ4n) is 3.69. The molecule has 160 valence electrons. The quantitative estimate of drug-likeness (QED) is 0.448. The van der Waals surface area contributed by atoms with Crippen molar-refractivity contribution in [3.63, 3.8) is 0 Å². The van der Waals surface area contributed by atoms with E-state index < -0.39 is 0 Å². The number of hydrogen-bond acceptors (Lipinski definition) is 6. The van der Waals surface area contributed by atoms with Crippen molar-refractivity contribution in [3.8, 4) is 11.6 Å². The number of anilines is 1. The van der Waals surface area contributed by atoms with Crippen molar-refractivity contribution in [1.82, 2.24) is 14.9 Å². The first-order valence-corrected chi connectivity index (χ1v) is 11.3. The van der Waals surface area contributed by atoms with Crippen LogP contribution >= 0.6 is 11.3 Å². The summed E-state index contributed by atoms with van der Waals surface area (Å²) in [5.41, 5.74) is 2.74. The Morgan fingerprint density at radius 3 is 2.62 bits per heavy atom. The predicted molar refractivity (Wildman–Crippen MR) is 125 cm³/mol. The van der Waals surface area contributed by atoms with Gasteiger partial charge in [0.2, 0.25) is 5.88 Å². The Bertz CT molecular complexity index is 1210. The normalized spacial score (nSPS) is 13.4. The molecule has 0 saturated carbocycles. The van der Waals surface area contributed by atoms with Crippen molar-refractivity contribution in [3.05, 3.63) is 101 Å². The Morgan fingerprint density at radius 2 is 1.81 bits per heavy atom. The smallest absolute Gasteiger partial charge is 0.262 e. The van der Waals surface area contributed by atoms with E-state index in [9.17, 15) is 4.79 Å². The van der Waals surface area contributed by atoms with Crippen molar-refractivity contribution in [2.75, 3.05) is 11.9 Å². The third kappa shape index (κ3) is 4.69. The molecule has 2 aromatic heterocycles. The zero-order valence-electron chi connectivity index (χ0n) is 17.4. The Balaban J connectivity index is 1.28. The number of fused-ring (bicyclic) bond motifs is 1. The van der Waals surface area contributed by atoms with E-state index >= 15 is 0 Å². The third-order valence-electron chi connectivity index (χ3n) is 5.25. The van der Waals surface area contributed by atoms with E-state index in [0.717, 1.165) is 31.7 Å². The summed E-state index contributed by atoms with van der Waals surface area (Å²) in [6, 6.07) is 23.2. The van der Waals surface area contributed by atoms with Gasteiger partial charge in [0.25, 0.3) is 5.91 Å². The number of para-hydroxylation sites is 1. The van der Waals surface area contributed by atoms with E-state index in [1.165, 1.54) is 21.8 Å². The lowest BCUT2D eigenvalue weighted by Crippen LogP contribution is -2.29. The van der Waals surface area contributed by atoms with E-state index in [2.05, 4.69) is 44.5 Å². The summed E-state index contributed by atoms with van der Waals surface area (Å²) in [7, 11) is 0. The maximum Gasteiger partial charge on any atom is 0.262 e. The fourth-order valence-corrected chi connectivity index (χ4v) is 4.73. The number of rotatable bonds is 6. The summed E-state index contributed by atoms with van der Waals surface area (Å²) in [5, 5.41) is 3.54. The van der Waals surface area contributed by atoms with Crippen LogP contribution in [0.4, 0.5) is 5.13 Å². The Labute approximate surface area is 190 Å². The lowest BCUT2D eigenvalue weighted by Gasteiger charge is -2.25. The topological polar surface area (TPSA) is 67.4 Å². The number of amides is 1. The molecule has 3 heterocycles. The summed E-state index contributed by atoms with van der Waals surface area (Å²) in [6.45, 7) is 2.71. The summed E-state index contributed by atoms with van der Waals surface area (Å²) in [4.78, 5) is 25.5. The second kappa shape index (κ2) is 9.30. The molecule has 0 saturated heterocycles. The van der Waals surface area contributed by atoms with Crippen LogP contribution < -0.4 is 10.1 Å². The predicted octanol–water partition coefficient (Wildman–Crippen LogP) is 5.14.